The first-order valence-corrected chi connectivity index (χ1v) is 7.44. The van der Waals surface area contributed by atoms with Crippen LogP contribution in [0.15, 0.2) is 30.3 Å². The first-order valence-electron chi connectivity index (χ1n) is 7.44. The Hall–Kier alpha value is -1.47. The second kappa shape index (κ2) is 5.31. The fourth-order valence-corrected chi connectivity index (χ4v) is 3.73. The van der Waals surface area contributed by atoms with E-state index in [4.69, 9.17) is 18.9 Å². The van der Waals surface area contributed by atoms with E-state index in [-0.39, 0.29) is 24.0 Å². The highest BCUT2D eigenvalue weighted by Gasteiger charge is 2.68. The van der Waals surface area contributed by atoms with Crippen molar-refractivity contribution < 1.29 is 28.8 Å². The molecule has 0 bridgehead atoms. The average Bonchev–Trinajstić information content (AvgIpc) is 3.30. The maximum Gasteiger partial charge on any atom is 0.307 e. The molecule has 2 unspecified atom stereocenters. The fourth-order valence-electron chi connectivity index (χ4n) is 3.73. The van der Waals surface area contributed by atoms with Gasteiger partial charge in [0.15, 0.2) is 12.6 Å². The van der Waals surface area contributed by atoms with Crippen molar-refractivity contribution in [3.05, 3.63) is 35.9 Å². The molecule has 6 heteroatoms. The Labute approximate surface area is 127 Å². The van der Waals surface area contributed by atoms with E-state index in [9.17, 15) is 9.90 Å². The molecule has 0 amide bonds. The predicted molar refractivity (Wildman–Crippen MR) is 73.8 cm³/mol. The monoisotopic (exact) mass is 306 g/mol. The van der Waals surface area contributed by atoms with Crippen LogP contribution < -0.4 is 0 Å². The maximum atomic E-state index is 11.4. The number of carboxylic acid groups (broad SMARTS) is 1. The number of benzene rings is 1. The van der Waals surface area contributed by atoms with Gasteiger partial charge in [-0.05, 0) is 0 Å². The van der Waals surface area contributed by atoms with Gasteiger partial charge in [0, 0.05) is 24.5 Å². The van der Waals surface area contributed by atoms with Gasteiger partial charge < -0.3 is 24.1 Å². The Kier molecular flexibility index (Phi) is 3.41. The second-order valence-corrected chi connectivity index (χ2v) is 5.97. The Morgan fingerprint density at radius 3 is 2.68 bits per heavy atom. The zero-order valence-corrected chi connectivity index (χ0v) is 12.1. The summed E-state index contributed by atoms with van der Waals surface area (Å²) in [7, 11) is 1.54. The molecule has 6 nitrogen and oxygen atoms in total. The molecule has 3 fully saturated rings. The summed E-state index contributed by atoms with van der Waals surface area (Å²) in [6, 6.07) is 9.65. The number of ether oxygens (including phenoxy) is 4. The van der Waals surface area contributed by atoms with E-state index in [0.29, 0.717) is 6.61 Å². The molecule has 4 rings (SSSR count). The van der Waals surface area contributed by atoms with Gasteiger partial charge in [0.05, 0.1) is 18.6 Å². The molecule has 1 aliphatic carbocycles. The molecule has 1 aromatic rings. The van der Waals surface area contributed by atoms with E-state index >= 15 is 0 Å². The normalized spacial score (nSPS) is 43.0. The summed E-state index contributed by atoms with van der Waals surface area (Å²) in [6.07, 6.45) is -1.51. The summed E-state index contributed by atoms with van der Waals surface area (Å²) in [5, 5.41) is 9.37. The number of carbonyl (C=O) groups is 1. The van der Waals surface area contributed by atoms with Crippen LogP contribution in [0.2, 0.25) is 0 Å². The molecule has 3 aliphatic rings. The van der Waals surface area contributed by atoms with Crippen LogP contribution in [0.4, 0.5) is 0 Å². The molecule has 0 aromatic heterocycles. The van der Waals surface area contributed by atoms with Gasteiger partial charge in [-0.1, -0.05) is 30.3 Å². The van der Waals surface area contributed by atoms with Crippen molar-refractivity contribution in [2.24, 2.45) is 17.8 Å². The summed E-state index contributed by atoms with van der Waals surface area (Å²) in [5.41, 5.74) is 0.930. The van der Waals surface area contributed by atoms with Crippen LogP contribution in [-0.2, 0) is 23.7 Å². The fraction of sp³-hybridized carbons (Fsp3) is 0.562. The third kappa shape index (κ3) is 2.14. The van der Waals surface area contributed by atoms with E-state index in [1.807, 2.05) is 30.3 Å². The highest BCUT2D eigenvalue weighted by atomic mass is 16.7. The van der Waals surface area contributed by atoms with Gasteiger partial charge in [-0.15, -0.1) is 0 Å². The molecule has 1 saturated carbocycles. The molecule has 118 valence electrons. The number of aliphatic carboxylic acids is 1. The quantitative estimate of drug-likeness (QED) is 0.910. The summed E-state index contributed by atoms with van der Waals surface area (Å²) in [6.45, 7) is 0.375. The molecule has 1 N–H and O–H groups in total. The van der Waals surface area contributed by atoms with Crippen molar-refractivity contribution >= 4 is 5.97 Å². The topological polar surface area (TPSA) is 74.2 Å². The molecule has 2 aliphatic heterocycles. The van der Waals surface area contributed by atoms with Gasteiger partial charge in [-0.3, -0.25) is 4.79 Å². The van der Waals surface area contributed by atoms with Crippen molar-refractivity contribution in [3.63, 3.8) is 0 Å². The average molecular weight is 306 g/mol. The van der Waals surface area contributed by atoms with Gasteiger partial charge in [0.2, 0.25) is 0 Å². The van der Waals surface area contributed by atoms with Crippen LogP contribution in [0.3, 0.4) is 0 Å². The van der Waals surface area contributed by atoms with Gasteiger partial charge >= 0.3 is 5.97 Å². The van der Waals surface area contributed by atoms with Crippen LogP contribution >= 0.6 is 0 Å². The molecule has 1 aromatic carbocycles. The third-order valence-electron chi connectivity index (χ3n) is 4.78. The zero-order chi connectivity index (χ0) is 15.3. The van der Waals surface area contributed by atoms with Gasteiger partial charge in [0.1, 0.15) is 6.10 Å². The first kappa shape index (κ1) is 14.1. The third-order valence-corrected chi connectivity index (χ3v) is 4.78. The van der Waals surface area contributed by atoms with Crippen LogP contribution in [0.5, 0.6) is 0 Å². The van der Waals surface area contributed by atoms with Gasteiger partial charge in [-0.2, -0.15) is 0 Å². The Morgan fingerprint density at radius 1 is 1.23 bits per heavy atom. The van der Waals surface area contributed by atoms with Crippen LogP contribution in [0, 0.1) is 17.8 Å². The number of hydrogen-bond acceptors (Lipinski definition) is 5. The van der Waals surface area contributed by atoms with Crippen LogP contribution in [0.1, 0.15) is 11.9 Å². The SMILES string of the molecule is CO[C@H]1O[C@@H]2COC(c3ccccc3)O[C@H]2[C@@H]2C(C(=O)O)[C@H]12. The van der Waals surface area contributed by atoms with Crippen molar-refractivity contribution in [1.82, 2.24) is 0 Å². The lowest BCUT2D eigenvalue weighted by atomic mass is 10.0. The smallest absolute Gasteiger partial charge is 0.307 e. The van der Waals surface area contributed by atoms with E-state index in [0.717, 1.165) is 5.56 Å². The molecule has 0 radical (unpaired) electrons. The first-order chi connectivity index (χ1) is 10.7. The highest BCUT2D eigenvalue weighted by Crippen LogP contribution is 2.58. The van der Waals surface area contributed by atoms with E-state index in [1.165, 1.54) is 7.11 Å². The largest absolute Gasteiger partial charge is 0.481 e. The lowest BCUT2D eigenvalue weighted by Crippen LogP contribution is -2.49. The maximum absolute atomic E-state index is 11.4. The second-order valence-electron chi connectivity index (χ2n) is 5.97. The summed E-state index contributed by atoms with van der Waals surface area (Å²) < 4.78 is 22.9. The Morgan fingerprint density at radius 2 is 2.00 bits per heavy atom. The molecule has 22 heavy (non-hydrogen) atoms. The van der Waals surface area contributed by atoms with Crippen molar-refractivity contribution in [1.29, 1.82) is 0 Å². The van der Waals surface area contributed by atoms with Gasteiger partial charge in [-0.25, -0.2) is 0 Å². The van der Waals surface area contributed by atoms with Crippen molar-refractivity contribution in [3.8, 4) is 0 Å². The number of carboxylic acids is 1. The standard InChI is InChI=1S/C16H18O6/c1-19-16-12-10(11(12)14(17)18)13-9(21-16)7-20-15(22-13)8-5-3-2-4-6-8/h2-6,9-13,15-16H,7H2,1H3,(H,17,18)/t9-,10-,11?,12-,13-,15?,16+/m1/s1. The molecule has 7 atom stereocenters. The molecule has 0 spiro atoms. The number of fused-ring (bicyclic) bond motifs is 3. The van der Waals surface area contributed by atoms with Gasteiger partial charge in [0.25, 0.3) is 0 Å². The summed E-state index contributed by atoms with van der Waals surface area (Å²) >= 11 is 0. The molecule has 2 heterocycles. The van der Waals surface area contributed by atoms with E-state index < -0.39 is 24.5 Å². The van der Waals surface area contributed by atoms with Crippen molar-refractivity contribution in [2.45, 2.75) is 24.8 Å². The Bertz CT molecular complexity index is 561. The minimum absolute atomic E-state index is 0.0729. The molecular formula is C16H18O6. The number of rotatable bonds is 3. The minimum Gasteiger partial charge on any atom is -0.481 e. The minimum atomic E-state index is -0.812. The lowest BCUT2D eigenvalue weighted by Gasteiger charge is -2.41. The number of methoxy groups -OCH3 is 1. The predicted octanol–water partition coefficient (Wildman–Crippen LogP) is 1.42. The summed E-state index contributed by atoms with van der Waals surface area (Å²) in [5.74, 6) is -1.49. The van der Waals surface area contributed by atoms with E-state index in [1.54, 1.807) is 0 Å². The summed E-state index contributed by atoms with van der Waals surface area (Å²) in [4.78, 5) is 11.4. The van der Waals surface area contributed by atoms with Crippen LogP contribution in [-0.4, -0.2) is 43.3 Å². The van der Waals surface area contributed by atoms with Crippen LogP contribution in [0.25, 0.3) is 0 Å². The van der Waals surface area contributed by atoms with Crippen molar-refractivity contribution in [2.75, 3.05) is 13.7 Å². The highest BCUT2D eigenvalue weighted by molar-refractivity contribution is 5.74. The van der Waals surface area contributed by atoms with E-state index in [2.05, 4.69) is 0 Å². The molecule has 2 saturated heterocycles. The Balaban J connectivity index is 1.55. The molecular weight excluding hydrogens is 288 g/mol. The number of hydrogen-bond donors (Lipinski definition) is 1. The lowest BCUT2D eigenvalue weighted by molar-refractivity contribution is -0.316. The zero-order valence-electron chi connectivity index (χ0n) is 12.1.